The number of fused-ring (bicyclic) bond motifs is 1. The molecule has 4 nitrogen and oxygen atoms in total. The number of benzene rings is 1. The maximum Gasteiger partial charge on any atom is 0.140 e. The third-order valence-electron chi connectivity index (χ3n) is 3.39. The summed E-state index contributed by atoms with van der Waals surface area (Å²) in [5.41, 5.74) is 11.6. The largest absolute Gasteiger partial charge is 0.496 e. The average Bonchev–Trinajstić information content (AvgIpc) is 2.82. The smallest absolute Gasteiger partial charge is 0.140 e. The van der Waals surface area contributed by atoms with E-state index in [9.17, 15) is 0 Å². The van der Waals surface area contributed by atoms with Gasteiger partial charge in [-0.25, -0.2) is 4.98 Å². The second kappa shape index (κ2) is 4.56. The Labute approximate surface area is 117 Å². The monoisotopic (exact) mass is 267 g/mol. The van der Waals surface area contributed by atoms with Gasteiger partial charge >= 0.3 is 0 Å². The molecule has 20 heavy (non-hydrogen) atoms. The number of aromatic nitrogens is 2. The molecular formula is C16H17N3O. The van der Waals surface area contributed by atoms with E-state index < -0.39 is 0 Å². The van der Waals surface area contributed by atoms with Crippen molar-refractivity contribution in [1.29, 1.82) is 0 Å². The number of imidazole rings is 1. The molecule has 0 fully saturated rings. The SMILES string of the molecule is COc1ccc(C)cc1-c1cn2cc(N)cc(C)c2n1. The number of hydrogen-bond donors (Lipinski definition) is 1. The minimum atomic E-state index is 0.732. The predicted octanol–water partition coefficient (Wildman–Crippen LogP) is 3.21. The van der Waals surface area contributed by atoms with Crippen LogP contribution in [0.4, 0.5) is 5.69 Å². The van der Waals surface area contributed by atoms with Gasteiger partial charge in [-0.2, -0.15) is 0 Å². The average molecular weight is 267 g/mol. The van der Waals surface area contributed by atoms with Gasteiger partial charge < -0.3 is 14.9 Å². The minimum absolute atomic E-state index is 0.732. The summed E-state index contributed by atoms with van der Waals surface area (Å²) in [6, 6.07) is 8.01. The van der Waals surface area contributed by atoms with Crippen molar-refractivity contribution < 1.29 is 4.74 Å². The van der Waals surface area contributed by atoms with Crippen LogP contribution < -0.4 is 10.5 Å². The van der Waals surface area contributed by atoms with Crippen LogP contribution in [-0.2, 0) is 0 Å². The highest BCUT2D eigenvalue weighted by Crippen LogP contribution is 2.31. The number of nitrogens with zero attached hydrogens (tertiary/aromatic N) is 2. The Morgan fingerprint density at radius 2 is 1.95 bits per heavy atom. The lowest BCUT2D eigenvalue weighted by Gasteiger charge is -2.06. The first-order valence-corrected chi connectivity index (χ1v) is 6.48. The topological polar surface area (TPSA) is 52.5 Å². The number of nitrogens with two attached hydrogens (primary N) is 1. The highest BCUT2D eigenvalue weighted by atomic mass is 16.5. The molecule has 0 saturated carbocycles. The second-order valence-corrected chi connectivity index (χ2v) is 5.02. The van der Waals surface area contributed by atoms with Gasteiger partial charge in [-0.05, 0) is 37.6 Å². The summed E-state index contributed by atoms with van der Waals surface area (Å²) in [7, 11) is 1.67. The summed E-state index contributed by atoms with van der Waals surface area (Å²) in [4.78, 5) is 4.70. The Kier molecular flexibility index (Phi) is 2.86. The Hall–Kier alpha value is -2.49. The summed E-state index contributed by atoms with van der Waals surface area (Å²) < 4.78 is 7.39. The molecule has 0 aliphatic rings. The Balaban J connectivity index is 2.25. The molecule has 2 aromatic heterocycles. The highest BCUT2D eigenvalue weighted by molar-refractivity contribution is 5.71. The molecular weight excluding hydrogens is 250 g/mol. The maximum atomic E-state index is 5.88. The van der Waals surface area contributed by atoms with E-state index in [1.807, 2.05) is 41.9 Å². The van der Waals surface area contributed by atoms with Gasteiger partial charge in [0.05, 0.1) is 12.8 Å². The Morgan fingerprint density at radius 1 is 1.15 bits per heavy atom. The first kappa shape index (κ1) is 12.5. The van der Waals surface area contributed by atoms with E-state index in [-0.39, 0.29) is 0 Å². The molecule has 0 aliphatic heterocycles. The molecule has 0 aliphatic carbocycles. The third-order valence-corrected chi connectivity index (χ3v) is 3.39. The van der Waals surface area contributed by atoms with E-state index in [4.69, 9.17) is 15.5 Å². The summed E-state index contributed by atoms with van der Waals surface area (Å²) in [5.74, 6) is 0.824. The molecule has 0 unspecified atom stereocenters. The van der Waals surface area contributed by atoms with Crippen LogP contribution in [-0.4, -0.2) is 16.5 Å². The van der Waals surface area contributed by atoms with Crippen molar-refractivity contribution in [2.75, 3.05) is 12.8 Å². The molecule has 3 rings (SSSR count). The molecule has 0 amide bonds. The molecule has 2 heterocycles. The molecule has 0 bridgehead atoms. The van der Waals surface area contributed by atoms with Crippen LogP contribution in [0.5, 0.6) is 5.75 Å². The number of aryl methyl sites for hydroxylation is 2. The van der Waals surface area contributed by atoms with Crippen LogP contribution >= 0.6 is 0 Å². The second-order valence-electron chi connectivity index (χ2n) is 5.02. The van der Waals surface area contributed by atoms with E-state index in [1.165, 1.54) is 5.56 Å². The first-order valence-electron chi connectivity index (χ1n) is 6.48. The maximum absolute atomic E-state index is 5.88. The third kappa shape index (κ3) is 1.99. The van der Waals surface area contributed by atoms with Gasteiger partial charge in [0, 0.05) is 23.6 Å². The Bertz CT molecular complexity index is 790. The fraction of sp³-hybridized carbons (Fsp3) is 0.188. The lowest BCUT2D eigenvalue weighted by molar-refractivity contribution is 0.416. The van der Waals surface area contributed by atoms with Crippen molar-refractivity contribution >= 4 is 11.3 Å². The highest BCUT2D eigenvalue weighted by Gasteiger charge is 2.11. The van der Waals surface area contributed by atoms with Crippen molar-refractivity contribution in [3.8, 4) is 17.0 Å². The lowest BCUT2D eigenvalue weighted by atomic mass is 10.1. The molecule has 0 atom stereocenters. The predicted molar refractivity (Wildman–Crippen MR) is 81.1 cm³/mol. The number of nitrogen functional groups attached to an aromatic ring is 1. The van der Waals surface area contributed by atoms with Crippen molar-refractivity contribution in [3.63, 3.8) is 0 Å². The summed E-state index contributed by atoms with van der Waals surface area (Å²) in [5, 5.41) is 0. The molecule has 2 N–H and O–H groups in total. The van der Waals surface area contributed by atoms with Crippen LogP contribution in [0.2, 0.25) is 0 Å². The van der Waals surface area contributed by atoms with Crippen LogP contribution in [0, 0.1) is 13.8 Å². The van der Waals surface area contributed by atoms with Crippen LogP contribution in [0.1, 0.15) is 11.1 Å². The van der Waals surface area contributed by atoms with E-state index in [0.29, 0.717) is 0 Å². The van der Waals surface area contributed by atoms with Crippen molar-refractivity contribution in [1.82, 2.24) is 9.38 Å². The zero-order valence-corrected chi connectivity index (χ0v) is 11.8. The van der Waals surface area contributed by atoms with Gasteiger partial charge in [0.15, 0.2) is 0 Å². The number of methoxy groups -OCH3 is 1. The summed E-state index contributed by atoms with van der Waals surface area (Å²) in [6.45, 7) is 4.07. The lowest BCUT2D eigenvalue weighted by Crippen LogP contribution is -1.92. The molecule has 1 aromatic carbocycles. The van der Waals surface area contributed by atoms with Gasteiger partial charge in [-0.15, -0.1) is 0 Å². The number of hydrogen-bond acceptors (Lipinski definition) is 3. The van der Waals surface area contributed by atoms with Crippen molar-refractivity contribution in [2.45, 2.75) is 13.8 Å². The number of rotatable bonds is 2. The zero-order valence-electron chi connectivity index (χ0n) is 11.8. The fourth-order valence-corrected chi connectivity index (χ4v) is 2.45. The van der Waals surface area contributed by atoms with Gasteiger partial charge in [0.2, 0.25) is 0 Å². The summed E-state index contributed by atoms with van der Waals surface area (Å²) in [6.07, 6.45) is 3.86. The van der Waals surface area contributed by atoms with Gasteiger partial charge in [-0.1, -0.05) is 11.6 Å². The molecule has 0 radical (unpaired) electrons. The zero-order chi connectivity index (χ0) is 14.3. The molecule has 4 heteroatoms. The van der Waals surface area contributed by atoms with Crippen LogP contribution in [0.25, 0.3) is 16.9 Å². The standard InChI is InChI=1S/C16H17N3O/c1-10-4-5-15(20-3)13(6-10)14-9-19-8-12(17)7-11(2)16(19)18-14/h4-9H,17H2,1-3H3. The summed E-state index contributed by atoms with van der Waals surface area (Å²) >= 11 is 0. The molecule has 3 aromatic rings. The first-order chi connectivity index (χ1) is 9.58. The fourth-order valence-electron chi connectivity index (χ4n) is 2.45. The number of ether oxygens (including phenoxy) is 1. The minimum Gasteiger partial charge on any atom is -0.496 e. The van der Waals surface area contributed by atoms with Crippen molar-refractivity contribution in [3.05, 3.63) is 47.8 Å². The normalized spacial score (nSPS) is 10.9. The molecule has 0 saturated heterocycles. The van der Waals surface area contributed by atoms with E-state index in [0.717, 1.165) is 33.9 Å². The van der Waals surface area contributed by atoms with Crippen LogP contribution in [0.15, 0.2) is 36.7 Å². The quantitative estimate of drug-likeness (QED) is 0.775. The van der Waals surface area contributed by atoms with E-state index in [1.54, 1.807) is 7.11 Å². The van der Waals surface area contributed by atoms with Crippen molar-refractivity contribution in [2.24, 2.45) is 0 Å². The molecule has 0 spiro atoms. The van der Waals surface area contributed by atoms with Gasteiger partial charge in [-0.3, -0.25) is 0 Å². The van der Waals surface area contributed by atoms with Crippen LogP contribution in [0.3, 0.4) is 0 Å². The van der Waals surface area contributed by atoms with Gasteiger partial charge in [0.25, 0.3) is 0 Å². The van der Waals surface area contributed by atoms with E-state index in [2.05, 4.69) is 13.0 Å². The number of anilines is 1. The van der Waals surface area contributed by atoms with E-state index >= 15 is 0 Å². The Morgan fingerprint density at radius 3 is 2.70 bits per heavy atom. The number of pyridine rings is 1. The molecule has 102 valence electrons. The van der Waals surface area contributed by atoms with Gasteiger partial charge in [0.1, 0.15) is 11.4 Å².